The van der Waals surface area contributed by atoms with E-state index in [1.54, 1.807) is 0 Å². The summed E-state index contributed by atoms with van der Waals surface area (Å²) in [4.78, 5) is 20.2. The molecule has 1 aliphatic carbocycles. The lowest BCUT2D eigenvalue weighted by Crippen LogP contribution is -2.49. The minimum atomic E-state index is -1.24. The Bertz CT molecular complexity index is 2160. The smallest absolute Gasteiger partial charge is 0.357 e. The predicted octanol–water partition coefficient (Wildman–Crippen LogP) is 8.46. The standard InChI is InChI=1S/C45H46N6O3/c1-6-44(32(2)3,54-41(52)39-30-46-31-47-39)33-26-28-43(29-27-33,42(4,5)53)38-25-17-16-24-37(38)40-48-49-50-51(40)45(34-18-10-7-11-19-34,35-20-12-8-13-21-35)36-22-14-9-15-23-36/h7-28,30-32,53H,6,29H2,1-5H3,(H,46,47). The summed E-state index contributed by atoms with van der Waals surface area (Å²) in [6.45, 7) is 9.83. The average molecular weight is 719 g/mol. The highest BCUT2D eigenvalue weighted by atomic mass is 16.6. The van der Waals surface area contributed by atoms with Crippen LogP contribution in [-0.4, -0.2) is 52.5 Å². The number of carbonyl (C=O) groups excluding carboxylic acids is 1. The minimum absolute atomic E-state index is 0.0427. The van der Waals surface area contributed by atoms with Gasteiger partial charge in [0.2, 0.25) is 0 Å². The van der Waals surface area contributed by atoms with Gasteiger partial charge in [-0.2, -0.15) is 0 Å². The molecule has 4 aromatic carbocycles. The van der Waals surface area contributed by atoms with E-state index in [-0.39, 0.29) is 5.92 Å². The Kier molecular flexibility index (Phi) is 9.77. The second kappa shape index (κ2) is 14.5. The monoisotopic (exact) mass is 718 g/mol. The number of esters is 1. The summed E-state index contributed by atoms with van der Waals surface area (Å²) in [7, 11) is 0. The molecule has 2 heterocycles. The number of aliphatic hydroxyl groups is 1. The van der Waals surface area contributed by atoms with Gasteiger partial charge in [0.25, 0.3) is 0 Å². The van der Waals surface area contributed by atoms with Crippen molar-refractivity contribution in [2.45, 2.75) is 69.6 Å². The lowest BCUT2D eigenvalue weighted by atomic mass is 9.62. The Labute approximate surface area is 316 Å². The van der Waals surface area contributed by atoms with Gasteiger partial charge in [0.15, 0.2) is 5.82 Å². The van der Waals surface area contributed by atoms with E-state index < -0.39 is 28.1 Å². The van der Waals surface area contributed by atoms with E-state index >= 15 is 0 Å². The molecule has 0 aliphatic heterocycles. The van der Waals surface area contributed by atoms with Gasteiger partial charge >= 0.3 is 5.97 Å². The summed E-state index contributed by atoms with van der Waals surface area (Å²) in [5, 5.41) is 26.1. The van der Waals surface area contributed by atoms with E-state index in [1.807, 2.05) is 104 Å². The molecule has 0 fully saturated rings. The first kappa shape index (κ1) is 36.4. The molecule has 1 aliphatic rings. The number of hydrogen-bond acceptors (Lipinski definition) is 7. The number of H-pyrrole nitrogens is 1. The predicted molar refractivity (Wildman–Crippen MR) is 210 cm³/mol. The summed E-state index contributed by atoms with van der Waals surface area (Å²) in [5.74, 6) is 0.0408. The van der Waals surface area contributed by atoms with E-state index in [0.717, 1.165) is 33.4 Å². The highest BCUT2D eigenvalue weighted by molar-refractivity contribution is 5.87. The molecular formula is C45H46N6O3. The zero-order chi connectivity index (χ0) is 38.0. The van der Waals surface area contributed by atoms with Gasteiger partial charge in [-0.3, -0.25) is 0 Å². The Morgan fingerprint density at radius 1 is 0.889 bits per heavy atom. The van der Waals surface area contributed by atoms with Crippen molar-refractivity contribution in [3.05, 3.63) is 180 Å². The summed E-state index contributed by atoms with van der Waals surface area (Å²) in [5.41, 5.74) is 1.78. The highest BCUT2D eigenvalue weighted by Crippen LogP contribution is 2.50. The molecule has 2 atom stereocenters. The highest BCUT2D eigenvalue weighted by Gasteiger charge is 2.49. The van der Waals surface area contributed by atoms with Crippen molar-refractivity contribution in [2.24, 2.45) is 5.92 Å². The SMILES string of the molecule is CCC(OC(=O)c1cnc[nH]1)(C1=CCC(c2ccccc2-c2nnnn2C(c2ccccc2)(c2ccccc2)c2ccccc2)(C(C)(C)O)C=C1)C(C)C. The van der Waals surface area contributed by atoms with Gasteiger partial charge in [-0.05, 0) is 70.9 Å². The third-order valence-electron chi connectivity index (χ3n) is 11.2. The molecule has 7 rings (SSSR count). The average Bonchev–Trinajstić information content (AvgIpc) is 3.92. The molecule has 0 radical (unpaired) electrons. The first-order chi connectivity index (χ1) is 26.1. The molecule has 2 N–H and O–H groups in total. The lowest BCUT2D eigenvalue weighted by molar-refractivity contribution is -0.0248. The van der Waals surface area contributed by atoms with Crippen molar-refractivity contribution >= 4 is 5.97 Å². The van der Waals surface area contributed by atoms with E-state index in [9.17, 15) is 9.90 Å². The van der Waals surface area contributed by atoms with Crippen LogP contribution in [0.15, 0.2) is 152 Å². The number of rotatable bonds is 12. The van der Waals surface area contributed by atoms with Crippen LogP contribution in [-0.2, 0) is 15.7 Å². The van der Waals surface area contributed by atoms with E-state index in [0.29, 0.717) is 24.4 Å². The molecule has 2 aromatic heterocycles. The summed E-state index contributed by atoms with van der Waals surface area (Å²) in [6.07, 6.45) is 10.1. The first-order valence-electron chi connectivity index (χ1n) is 18.5. The number of hydrogen-bond donors (Lipinski definition) is 2. The zero-order valence-electron chi connectivity index (χ0n) is 31.3. The molecule has 6 aromatic rings. The Balaban J connectivity index is 1.41. The summed E-state index contributed by atoms with van der Waals surface area (Å²) >= 11 is 0. The van der Waals surface area contributed by atoms with Gasteiger partial charge in [-0.1, -0.05) is 154 Å². The van der Waals surface area contributed by atoms with E-state index in [1.165, 1.54) is 12.5 Å². The number of nitrogens with one attached hydrogen (secondary N) is 1. The van der Waals surface area contributed by atoms with Crippen LogP contribution in [0.2, 0.25) is 0 Å². The summed E-state index contributed by atoms with van der Waals surface area (Å²) < 4.78 is 8.26. The molecule has 9 nitrogen and oxygen atoms in total. The van der Waals surface area contributed by atoms with Crippen LogP contribution in [0.1, 0.15) is 80.2 Å². The number of nitrogens with zero attached hydrogens (tertiary/aromatic N) is 5. The molecule has 274 valence electrons. The van der Waals surface area contributed by atoms with Gasteiger partial charge in [-0.15, -0.1) is 5.10 Å². The largest absolute Gasteiger partial charge is 0.449 e. The van der Waals surface area contributed by atoms with Crippen molar-refractivity contribution in [1.29, 1.82) is 0 Å². The Morgan fingerprint density at radius 3 is 1.94 bits per heavy atom. The number of benzene rings is 4. The molecule has 0 saturated heterocycles. The van der Waals surface area contributed by atoms with Crippen molar-refractivity contribution in [2.75, 3.05) is 0 Å². The topological polar surface area (TPSA) is 119 Å². The number of imidazole rings is 1. The molecule has 9 heteroatoms. The molecule has 0 bridgehead atoms. The fourth-order valence-electron chi connectivity index (χ4n) is 8.27. The molecule has 0 saturated carbocycles. The van der Waals surface area contributed by atoms with Crippen molar-refractivity contribution < 1.29 is 14.6 Å². The van der Waals surface area contributed by atoms with Gasteiger partial charge in [0, 0.05) is 11.0 Å². The number of aromatic nitrogens is 6. The van der Waals surface area contributed by atoms with Crippen LogP contribution < -0.4 is 0 Å². The number of carbonyl (C=O) groups is 1. The second-order valence-corrected chi connectivity index (χ2v) is 14.7. The van der Waals surface area contributed by atoms with Gasteiger partial charge in [0.05, 0.1) is 18.1 Å². The Hall–Kier alpha value is -5.93. The van der Waals surface area contributed by atoms with Gasteiger partial charge in [0.1, 0.15) is 16.8 Å². The van der Waals surface area contributed by atoms with Crippen molar-refractivity contribution in [3.63, 3.8) is 0 Å². The van der Waals surface area contributed by atoms with E-state index in [2.05, 4.69) is 83.6 Å². The minimum Gasteiger partial charge on any atom is -0.449 e. The molecule has 2 unspecified atom stereocenters. The maximum atomic E-state index is 13.3. The normalized spacial score (nSPS) is 17.2. The fraction of sp³-hybridized carbons (Fsp3) is 0.267. The molecule has 54 heavy (non-hydrogen) atoms. The van der Waals surface area contributed by atoms with Gasteiger partial charge in [-0.25, -0.2) is 14.5 Å². The number of ether oxygens (including phenoxy) is 1. The second-order valence-electron chi connectivity index (χ2n) is 14.7. The molecule has 0 amide bonds. The van der Waals surface area contributed by atoms with Crippen LogP contribution in [0.5, 0.6) is 0 Å². The van der Waals surface area contributed by atoms with Gasteiger partial charge < -0.3 is 14.8 Å². The van der Waals surface area contributed by atoms with E-state index in [4.69, 9.17) is 15.0 Å². The summed E-state index contributed by atoms with van der Waals surface area (Å²) in [6, 6.07) is 39.0. The van der Waals surface area contributed by atoms with Crippen LogP contribution >= 0.6 is 0 Å². The van der Waals surface area contributed by atoms with Crippen LogP contribution in [0, 0.1) is 5.92 Å². The number of aromatic amines is 1. The van der Waals surface area contributed by atoms with Crippen LogP contribution in [0.4, 0.5) is 0 Å². The lowest BCUT2D eigenvalue weighted by Gasteiger charge is -2.46. The number of tetrazole rings is 1. The Morgan fingerprint density at radius 2 is 1.46 bits per heavy atom. The first-order valence-corrected chi connectivity index (χ1v) is 18.5. The van der Waals surface area contributed by atoms with Crippen LogP contribution in [0.3, 0.4) is 0 Å². The maximum absolute atomic E-state index is 13.3. The number of allylic oxidation sites excluding steroid dienone is 1. The third-order valence-corrected chi connectivity index (χ3v) is 11.2. The van der Waals surface area contributed by atoms with Crippen molar-refractivity contribution in [3.8, 4) is 11.4 Å². The molecule has 0 spiro atoms. The quantitative estimate of drug-likeness (QED) is 0.0963. The fourth-order valence-corrected chi connectivity index (χ4v) is 8.27. The zero-order valence-corrected chi connectivity index (χ0v) is 31.3. The molecular weight excluding hydrogens is 673 g/mol. The maximum Gasteiger partial charge on any atom is 0.357 e. The van der Waals surface area contributed by atoms with Crippen molar-refractivity contribution in [1.82, 2.24) is 30.2 Å². The third kappa shape index (κ3) is 5.98. The van der Waals surface area contributed by atoms with Crippen LogP contribution in [0.25, 0.3) is 11.4 Å².